The molecule has 0 saturated carbocycles. The van der Waals surface area contributed by atoms with Gasteiger partial charge in [0.15, 0.2) is 11.6 Å². The SMILES string of the molecule is COc1cccc(CC(CCl)C(C)C)c1F. The van der Waals surface area contributed by atoms with Gasteiger partial charge in [0.05, 0.1) is 7.11 Å². The first-order valence-electron chi connectivity index (χ1n) is 5.47. The Kier molecular flexibility index (Phi) is 5.07. The standard InChI is InChI=1S/C13H18ClFO/c1-9(2)11(8-14)7-10-5-4-6-12(16-3)13(10)15/h4-6,9,11H,7-8H2,1-3H3. The zero-order chi connectivity index (χ0) is 12.1. The molecule has 1 nitrogen and oxygen atoms in total. The van der Waals surface area contributed by atoms with E-state index in [-0.39, 0.29) is 5.82 Å². The minimum Gasteiger partial charge on any atom is -0.494 e. The molecule has 0 aromatic heterocycles. The molecule has 0 radical (unpaired) electrons. The molecular formula is C13H18ClFO. The Morgan fingerprint density at radius 3 is 2.56 bits per heavy atom. The number of hydrogen-bond acceptors (Lipinski definition) is 1. The highest BCUT2D eigenvalue weighted by molar-refractivity contribution is 6.18. The summed E-state index contributed by atoms with van der Waals surface area (Å²) in [6.45, 7) is 4.20. The Balaban J connectivity index is 2.88. The molecule has 3 heteroatoms. The molecule has 0 amide bonds. The molecule has 0 aliphatic heterocycles. The van der Waals surface area contributed by atoms with E-state index in [0.29, 0.717) is 35.4 Å². The lowest BCUT2D eigenvalue weighted by atomic mass is 9.90. The van der Waals surface area contributed by atoms with E-state index >= 15 is 0 Å². The Bertz CT molecular complexity index is 339. The van der Waals surface area contributed by atoms with Crippen LogP contribution >= 0.6 is 11.6 Å². The second-order valence-corrected chi connectivity index (χ2v) is 4.60. The molecule has 90 valence electrons. The van der Waals surface area contributed by atoms with Crippen LogP contribution in [0.5, 0.6) is 5.75 Å². The molecule has 0 fully saturated rings. The number of benzene rings is 1. The quantitative estimate of drug-likeness (QED) is 0.714. The largest absolute Gasteiger partial charge is 0.494 e. The Labute approximate surface area is 102 Å². The van der Waals surface area contributed by atoms with Crippen molar-refractivity contribution in [1.82, 2.24) is 0 Å². The summed E-state index contributed by atoms with van der Waals surface area (Å²) in [6.07, 6.45) is 0.657. The zero-order valence-electron chi connectivity index (χ0n) is 9.97. The molecule has 0 aliphatic carbocycles. The van der Waals surface area contributed by atoms with E-state index in [1.165, 1.54) is 7.11 Å². The Morgan fingerprint density at radius 1 is 1.38 bits per heavy atom. The molecule has 0 aliphatic rings. The molecule has 1 aromatic rings. The molecule has 1 atom stereocenters. The third kappa shape index (κ3) is 3.11. The van der Waals surface area contributed by atoms with Gasteiger partial charge in [0.2, 0.25) is 0 Å². The molecular weight excluding hydrogens is 227 g/mol. The first kappa shape index (κ1) is 13.3. The molecule has 0 bridgehead atoms. The van der Waals surface area contributed by atoms with Crippen molar-refractivity contribution in [3.8, 4) is 5.75 Å². The van der Waals surface area contributed by atoms with Crippen molar-refractivity contribution in [1.29, 1.82) is 0 Å². The van der Waals surface area contributed by atoms with Gasteiger partial charge in [0.25, 0.3) is 0 Å². The van der Waals surface area contributed by atoms with Crippen LogP contribution in [0.25, 0.3) is 0 Å². The maximum absolute atomic E-state index is 13.9. The summed E-state index contributed by atoms with van der Waals surface area (Å²) >= 11 is 5.88. The van der Waals surface area contributed by atoms with Crippen molar-refractivity contribution in [2.24, 2.45) is 11.8 Å². The monoisotopic (exact) mass is 244 g/mol. The van der Waals surface area contributed by atoms with E-state index in [1.807, 2.05) is 6.07 Å². The van der Waals surface area contributed by atoms with Crippen LogP contribution in [-0.2, 0) is 6.42 Å². The zero-order valence-corrected chi connectivity index (χ0v) is 10.7. The van der Waals surface area contributed by atoms with Gasteiger partial charge >= 0.3 is 0 Å². The number of hydrogen-bond donors (Lipinski definition) is 0. The van der Waals surface area contributed by atoms with Crippen LogP contribution in [0.4, 0.5) is 4.39 Å². The van der Waals surface area contributed by atoms with Gasteiger partial charge in [0, 0.05) is 5.88 Å². The fraction of sp³-hybridized carbons (Fsp3) is 0.538. The number of methoxy groups -OCH3 is 1. The third-order valence-electron chi connectivity index (χ3n) is 2.89. The highest BCUT2D eigenvalue weighted by Crippen LogP contribution is 2.25. The smallest absolute Gasteiger partial charge is 0.168 e. The summed E-state index contributed by atoms with van der Waals surface area (Å²) in [4.78, 5) is 0. The van der Waals surface area contributed by atoms with E-state index in [1.54, 1.807) is 12.1 Å². The van der Waals surface area contributed by atoms with Crippen LogP contribution in [0, 0.1) is 17.7 Å². The van der Waals surface area contributed by atoms with Crippen LogP contribution in [0.1, 0.15) is 19.4 Å². The van der Waals surface area contributed by atoms with Crippen LogP contribution in [0.2, 0.25) is 0 Å². The van der Waals surface area contributed by atoms with E-state index in [4.69, 9.17) is 16.3 Å². The summed E-state index contributed by atoms with van der Waals surface area (Å²) in [5.41, 5.74) is 0.679. The Hall–Kier alpha value is -0.760. The van der Waals surface area contributed by atoms with Crippen LogP contribution in [0.3, 0.4) is 0 Å². The summed E-state index contributed by atoms with van der Waals surface area (Å²) in [6, 6.07) is 5.23. The van der Waals surface area contributed by atoms with Gasteiger partial charge in [-0.2, -0.15) is 0 Å². The van der Waals surface area contributed by atoms with Crippen molar-refractivity contribution >= 4 is 11.6 Å². The van der Waals surface area contributed by atoms with E-state index in [9.17, 15) is 4.39 Å². The number of ether oxygens (including phenoxy) is 1. The van der Waals surface area contributed by atoms with Crippen LogP contribution in [0.15, 0.2) is 18.2 Å². The average Bonchev–Trinajstić information content (AvgIpc) is 2.27. The Morgan fingerprint density at radius 2 is 2.06 bits per heavy atom. The molecule has 0 N–H and O–H groups in total. The van der Waals surface area contributed by atoms with Crippen molar-refractivity contribution in [3.63, 3.8) is 0 Å². The lowest BCUT2D eigenvalue weighted by Crippen LogP contribution is -2.14. The molecule has 1 unspecified atom stereocenters. The van der Waals surface area contributed by atoms with Crippen molar-refractivity contribution in [3.05, 3.63) is 29.6 Å². The first-order chi connectivity index (χ1) is 7.60. The topological polar surface area (TPSA) is 9.23 Å². The van der Waals surface area contributed by atoms with Gasteiger partial charge in [-0.25, -0.2) is 4.39 Å². The minimum atomic E-state index is -0.263. The van der Waals surface area contributed by atoms with E-state index in [2.05, 4.69) is 13.8 Å². The highest BCUT2D eigenvalue weighted by atomic mass is 35.5. The lowest BCUT2D eigenvalue weighted by Gasteiger charge is -2.18. The normalized spacial score (nSPS) is 12.9. The fourth-order valence-electron chi connectivity index (χ4n) is 1.62. The summed E-state index contributed by atoms with van der Waals surface area (Å²) < 4.78 is 18.8. The predicted octanol–water partition coefficient (Wildman–Crippen LogP) is 3.89. The van der Waals surface area contributed by atoms with Gasteiger partial charge in [0.1, 0.15) is 0 Å². The van der Waals surface area contributed by atoms with Crippen molar-refractivity contribution in [2.45, 2.75) is 20.3 Å². The van der Waals surface area contributed by atoms with E-state index < -0.39 is 0 Å². The molecule has 16 heavy (non-hydrogen) atoms. The van der Waals surface area contributed by atoms with Gasteiger partial charge in [-0.1, -0.05) is 26.0 Å². The van der Waals surface area contributed by atoms with Gasteiger partial charge < -0.3 is 4.74 Å². The fourth-order valence-corrected chi connectivity index (χ4v) is 2.09. The number of halogens is 2. The third-order valence-corrected chi connectivity index (χ3v) is 3.28. The highest BCUT2D eigenvalue weighted by Gasteiger charge is 2.16. The summed E-state index contributed by atoms with van der Waals surface area (Å²) in [7, 11) is 1.48. The van der Waals surface area contributed by atoms with Gasteiger partial charge in [-0.15, -0.1) is 11.6 Å². The van der Waals surface area contributed by atoms with Crippen LogP contribution < -0.4 is 4.74 Å². The molecule has 0 spiro atoms. The molecule has 0 heterocycles. The van der Waals surface area contributed by atoms with Crippen LogP contribution in [-0.4, -0.2) is 13.0 Å². The first-order valence-corrected chi connectivity index (χ1v) is 6.01. The summed E-state index contributed by atoms with van der Waals surface area (Å²) in [5, 5.41) is 0. The van der Waals surface area contributed by atoms with Gasteiger partial charge in [-0.05, 0) is 29.9 Å². The molecule has 1 rings (SSSR count). The number of rotatable bonds is 5. The number of alkyl halides is 1. The molecule has 0 saturated heterocycles. The van der Waals surface area contributed by atoms with Crippen molar-refractivity contribution < 1.29 is 9.13 Å². The molecule has 1 aromatic carbocycles. The second kappa shape index (κ2) is 6.09. The minimum absolute atomic E-state index is 0.263. The maximum Gasteiger partial charge on any atom is 0.168 e. The average molecular weight is 245 g/mol. The maximum atomic E-state index is 13.9. The predicted molar refractivity (Wildman–Crippen MR) is 65.7 cm³/mol. The second-order valence-electron chi connectivity index (χ2n) is 4.30. The van der Waals surface area contributed by atoms with E-state index in [0.717, 1.165) is 0 Å². The summed E-state index contributed by atoms with van der Waals surface area (Å²) in [5.74, 6) is 1.33. The van der Waals surface area contributed by atoms with Gasteiger partial charge in [-0.3, -0.25) is 0 Å². The lowest BCUT2D eigenvalue weighted by molar-refractivity contribution is 0.376. The van der Waals surface area contributed by atoms with Crippen molar-refractivity contribution in [2.75, 3.05) is 13.0 Å².